The molecule has 0 atom stereocenters. The van der Waals surface area contributed by atoms with Gasteiger partial charge in [-0.25, -0.2) is 0 Å². The number of hydrogen-bond donors (Lipinski definition) is 2. The van der Waals surface area contributed by atoms with E-state index in [1.54, 1.807) is 0 Å². The van der Waals surface area contributed by atoms with E-state index in [-0.39, 0.29) is 24.0 Å². The summed E-state index contributed by atoms with van der Waals surface area (Å²) in [4.78, 5) is 4.38. The molecule has 0 spiro atoms. The van der Waals surface area contributed by atoms with Crippen LogP contribution in [-0.2, 0) is 11.3 Å². The number of aliphatic imine (C=N–C) groups is 1. The number of anilines is 1. The number of rotatable bonds is 12. The Bertz CT molecular complexity index is 726. The summed E-state index contributed by atoms with van der Waals surface area (Å²) in [6.07, 6.45) is 1.85. The van der Waals surface area contributed by atoms with Crippen molar-refractivity contribution in [1.82, 2.24) is 0 Å². The fourth-order valence-corrected chi connectivity index (χ4v) is 2.60. The summed E-state index contributed by atoms with van der Waals surface area (Å²) in [5.41, 5.74) is 7.96. The van der Waals surface area contributed by atoms with E-state index < -0.39 is 0 Å². The summed E-state index contributed by atoms with van der Waals surface area (Å²) >= 11 is 0. The molecule has 0 heterocycles. The monoisotopic (exact) mass is 513 g/mol. The zero-order valence-electron chi connectivity index (χ0n) is 17.2. The van der Waals surface area contributed by atoms with Crippen LogP contribution in [0.25, 0.3) is 0 Å². The second-order valence-corrected chi connectivity index (χ2v) is 6.16. The lowest BCUT2D eigenvalue weighted by molar-refractivity contribution is 0.117. The van der Waals surface area contributed by atoms with E-state index in [4.69, 9.17) is 19.9 Å². The molecule has 2 aromatic rings. The molecule has 0 unspecified atom stereocenters. The van der Waals surface area contributed by atoms with Gasteiger partial charge in [0.05, 0.1) is 25.5 Å². The van der Waals surface area contributed by atoms with E-state index in [0.717, 1.165) is 30.0 Å². The van der Waals surface area contributed by atoms with Crippen LogP contribution in [0.2, 0.25) is 0 Å². The van der Waals surface area contributed by atoms with Gasteiger partial charge < -0.3 is 25.3 Å². The van der Waals surface area contributed by atoms with Crippen molar-refractivity contribution in [2.45, 2.75) is 33.3 Å². The predicted molar refractivity (Wildman–Crippen MR) is 130 cm³/mol. The molecule has 2 rings (SSSR count). The summed E-state index contributed by atoms with van der Waals surface area (Å²) in [7, 11) is 0. The fourth-order valence-electron chi connectivity index (χ4n) is 2.60. The van der Waals surface area contributed by atoms with Crippen LogP contribution in [0, 0.1) is 0 Å². The summed E-state index contributed by atoms with van der Waals surface area (Å²) in [5, 5.41) is 3.11. The number of guanidine groups is 1. The highest BCUT2D eigenvalue weighted by Crippen LogP contribution is 2.29. The average molecular weight is 513 g/mol. The maximum absolute atomic E-state index is 6.02. The van der Waals surface area contributed by atoms with Crippen molar-refractivity contribution in [3.8, 4) is 11.5 Å². The number of unbranched alkanes of at least 4 members (excludes halogenated alkanes) is 1. The molecular weight excluding hydrogens is 481 g/mol. The van der Waals surface area contributed by atoms with Gasteiger partial charge in [0.2, 0.25) is 0 Å². The molecule has 0 amide bonds. The molecule has 160 valence electrons. The molecule has 0 fully saturated rings. The Morgan fingerprint density at radius 2 is 1.76 bits per heavy atom. The first-order valence-corrected chi connectivity index (χ1v) is 9.81. The Morgan fingerprint density at radius 1 is 1.00 bits per heavy atom. The summed E-state index contributed by atoms with van der Waals surface area (Å²) < 4.78 is 16.8. The van der Waals surface area contributed by atoms with Gasteiger partial charge in [-0.3, -0.25) is 4.99 Å². The van der Waals surface area contributed by atoms with Crippen LogP contribution in [0.5, 0.6) is 11.5 Å². The molecule has 0 aliphatic heterocycles. The second kappa shape index (κ2) is 14.9. The lowest BCUT2D eigenvalue weighted by Crippen LogP contribution is -2.23. The first-order chi connectivity index (χ1) is 13.7. The molecule has 3 N–H and O–H groups in total. The topological polar surface area (TPSA) is 78.1 Å². The van der Waals surface area contributed by atoms with Crippen molar-refractivity contribution in [1.29, 1.82) is 0 Å². The van der Waals surface area contributed by atoms with Crippen molar-refractivity contribution in [3.05, 3.63) is 54.1 Å². The first kappa shape index (κ1) is 25.0. The van der Waals surface area contributed by atoms with Crippen LogP contribution >= 0.6 is 24.0 Å². The summed E-state index contributed by atoms with van der Waals surface area (Å²) in [6, 6.07) is 15.8. The molecule has 0 saturated heterocycles. The van der Waals surface area contributed by atoms with Crippen molar-refractivity contribution < 1.29 is 14.2 Å². The molecule has 0 radical (unpaired) electrons. The Hall–Kier alpha value is -2.00. The van der Waals surface area contributed by atoms with Gasteiger partial charge >= 0.3 is 0 Å². The first-order valence-electron chi connectivity index (χ1n) is 9.81. The van der Waals surface area contributed by atoms with E-state index >= 15 is 0 Å². The number of ether oxygens (including phenoxy) is 3. The standard InChI is InChI=1S/C22H31N3O3.HI/c1-3-27-19-12-13-21(28-4-2)20(16-19)25-22(23)24-14-8-9-15-26-17-18-10-6-5-7-11-18;/h5-7,10-13,16H,3-4,8-9,14-15,17H2,1-2H3,(H3,23,24,25);1H. The lowest BCUT2D eigenvalue weighted by Gasteiger charge is -2.14. The lowest BCUT2D eigenvalue weighted by atomic mass is 10.2. The third kappa shape index (κ3) is 9.85. The van der Waals surface area contributed by atoms with Crippen LogP contribution in [0.3, 0.4) is 0 Å². The van der Waals surface area contributed by atoms with Gasteiger partial charge in [0, 0.05) is 19.2 Å². The van der Waals surface area contributed by atoms with Gasteiger partial charge in [-0.15, -0.1) is 24.0 Å². The van der Waals surface area contributed by atoms with Gasteiger partial charge in [-0.05, 0) is 44.4 Å². The van der Waals surface area contributed by atoms with Crippen LogP contribution in [-0.4, -0.2) is 32.3 Å². The molecule has 0 aliphatic carbocycles. The second-order valence-electron chi connectivity index (χ2n) is 6.16. The number of benzene rings is 2. The van der Waals surface area contributed by atoms with E-state index in [0.29, 0.717) is 38.9 Å². The van der Waals surface area contributed by atoms with E-state index in [1.165, 1.54) is 5.56 Å². The molecule has 2 aromatic carbocycles. The number of hydrogen-bond acceptors (Lipinski definition) is 4. The molecule has 6 nitrogen and oxygen atoms in total. The highest BCUT2D eigenvalue weighted by Gasteiger charge is 2.07. The third-order valence-electron chi connectivity index (χ3n) is 3.92. The minimum Gasteiger partial charge on any atom is -0.494 e. The van der Waals surface area contributed by atoms with Gasteiger partial charge in [0.1, 0.15) is 11.5 Å². The molecule has 29 heavy (non-hydrogen) atoms. The molecule has 0 saturated carbocycles. The zero-order chi connectivity index (χ0) is 20.0. The van der Waals surface area contributed by atoms with Crippen molar-refractivity contribution in [2.75, 3.05) is 31.7 Å². The number of halogens is 1. The van der Waals surface area contributed by atoms with E-state index in [1.807, 2.05) is 50.2 Å². The zero-order valence-corrected chi connectivity index (χ0v) is 19.6. The Balaban J connectivity index is 0.00000420. The van der Waals surface area contributed by atoms with E-state index in [9.17, 15) is 0 Å². The molecule has 0 aliphatic rings. The molecule has 0 bridgehead atoms. The highest BCUT2D eigenvalue weighted by atomic mass is 127. The maximum atomic E-state index is 6.02. The Kier molecular flexibility index (Phi) is 12.9. The summed E-state index contributed by atoms with van der Waals surface area (Å²) in [6.45, 7) is 7.06. The van der Waals surface area contributed by atoms with Gasteiger partial charge in [0.25, 0.3) is 0 Å². The maximum Gasteiger partial charge on any atom is 0.193 e. The number of nitrogens with one attached hydrogen (secondary N) is 1. The Labute approximate surface area is 190 Å². The van der Waals surface area contributed by atoms with Gasteiger partial charge in [-0.1, -0.05) is 30.3 Å². The SMILES string of the molecule is CCOc1ccc(OCC)c(NC(N)=NCCCCOCc2ccccc2)c1.I. The summed E-state index contributed by atoms with van der Waals surface area (Å²) in [5.74, 6) is 1.84. The number of nitrogens with zero attached hydrogens (tertiary/aromatic N) is 1. The normalized spacial score (nSPS) is 10.9. The van der Waals surface area contributed by atoms with Gasteiger partial charge in [0.15, 0.2) is 5.96 Å². The van der Waals surface area contributed by atoms with Crippen molar-refractivity contribution >= 4 is 35.6 Å². The average Bonchev–Trinajstić information content (AvgIpc) is 2.70. The minimum atomic E-state index is 0. The molecule has 7 heteroatoms. The largest absolute Gasteiger partial charge is 0.494 e. The van der Waals surface area contributed by atoms with Crippen LogP contribution in [0.15, 0.2) is 53.5 Å². The minimum absolute atomic E-state index is 0. The predicted octanol–water partition coefficient (Wildman–Crippen LogP) is 4.83. The van der Waals surface area contributed by atoms with Crippen LogP contribution < -0.4 is 20.5 Å². The highest BCUT2D eigenvalue weighted by molar-refractivity contribution is 14.0. The smallest absolute Gasteiger partial charge is 0.193 e. The molecular formula is C22H32IN3O3. The van der Waals surface area contributed by atoms with E-state index in [2.05, 4.69) is 22.4 Å². The number of nitrogens with two attached hydrogens (primary N) is 1. The van der Waals surface area contributed by atoms with Gasteiger partial charge in [-0.2, -0.15) is 0 Å². The van der Waals surface area contributed by atoms with Crippen LogP contribution in [0.4, 0.5) is 5.69 Å². The molecule has 0 aromatic heterocycles. The Morgan fingerprint density at radius 3 is 2.48 bits per heavy atom. The van der Waals surface area contributed by atoms with Crippen molar-refractivity contribution in [3.63, 3.8) is 0 Å². The third-order valence-corrected chi connectivity index (χ3v) is 3.92. The quantitative estimate of drug-likeness (QED) is 0.184. The van der Waals surface area contributed by atoms with Crippen LogP contribution in [0.1, 0.15) is 32.3 Å². The van der Waals surface area contributed by atoms with Crippen molar-refractivity contribution in [2.24, 2.45) is 10.7 Å². The fraction of sp³-hybridized carbons (Fsp3) is 0.409.